The van der Waals surface area contributed by atoms with Gasteiger partial charge in [-0.05, 0) is 12.8 Å². The third kappa shape index (κ3) is 51.4. The SMILES string of the molecule is CCCCCCCCCCCC(=O)O.CCCCCCCCCCCC(=O)O.OCCOCCOCCO. The van der Waals surface area contributed by atoms with Crippen LogP contribution >= 0.6 is 0 Å². The normalized spacial score (nSPS) is 10.3. The van der Waals surface area contributed by atoms with Crippen LogP contribution in [-0.4, -0.2) is 72.0 Å². The lowest BCUT2D eigenvalue weighted by atomic mass is 10.1. The Kier molecular flexibility index (Phi) is 43.7. The summed E-state index contributed by atoms with van der Waals surface area (Å²) in [6.45, 7) is 6.18. The Bertz CT molecular complexity index is 406. The van der Waals surface area contributed by atoms with Gasteiger partial charge in [-0.15, -0.1) is 0 Å². The molecule has 0 aliphatic rings. The average molecular weight is 551 g/mol. The van der Waals surface area contributed by atoms with Crippen LogP contribution < -0.4 is 0 Å². The molecule has 0 radical (unpaired) electrons. The second kappa shape index (κ2) is 40.3. The van der Waals surface area contributed by atoms with Gasteiger partial charge in [-0.1, -0.05) is 117 Å². The number of carboxylic acid groups (broad SMARTS) is 2. The second-order valence-electron chi connectivity index (χ2n) is 9.62. The molecule has 230 valence electrons. The number of hydrogen-bond acceptors (Lipinski definition) is 6. The van der Waals surface area contributed by atoms with Crippen LogP contribution in [0.1, 0.15) is 142 Å². The van der Waals surface area contributed by atoms with Crippen LogP contribution in [0.25, 0.3) is 0 Å². The zero-order valence-electron chi connectivity index (χ0n) is 24.8. The van der Waals surface area contributed by atoms with E-state index in [0.29, 0.717) is 39.3 Å². The molecule has 8 nitrogen and oxygen atoms in total. The van der Waals surface area contributed by atoms with E-state index >= 15 is 0 Å². The lowest BCUT2D eigenvalue weighted by Crippen LogP contribution is -2.09. The molecule has 0 atom stereocenters. The van der Waals surface area contributed by atoms with Crippen LogP contribution in [0.4, 0.5) is 0 Å². The van der Waals surface area contributed by atoms with E-state index in [4.69, 9.17) is 29.9 Å². The number of carbonyl (C=O) groups is 2. The molecule has 0 saturated carbocycles. The van der Waals surface area contributed by atoms with Crippen molar-refractivity contribution in [2.45, 2.75) is 142 Å². The van der Waals surface area contributed by atoms with Gasteiger partial charge in [-0.3, -0.25) is 9.59 Å². The summed E-state index contributed by atoms with van der Waals surface area (Å²) < 4.78 is 9.75. The van der Waals surface area contributed by atoms with Crippen molar-refractivity contribution in [3.63, 3.8) is 0 Å². The molecule has 0 heterocycles. The Balaban J connectivity index is -0.000000492. The van der Waals surface area contributed by atoms with Gasteiger partial charge < -0.3 is 29.9 Å². The van der Waals surface area contributed by atoms with E-state index in [2.05, 4.69) is 13.8 Å². The summed E-state index contributed by atoms with van der Waals surface area (Å²) in [5.41, 5.74) is 0. The molecule has 0 saturated heterocycles. The molecule has 0 aliphatic carbocycles. The molecule has 0 amide bonds. The zero-order chi connectivity index (χ0) is 29.0. The highest BCUT2D eigenvalue weighted by Crippen LogP contribution is 2.11. The van der Waals surface area contributed by atoms with Gasteiger partial charge in [0.25, 0.3) is 0 Å². The standard InChI is InChI=1S/2C12H24O2.C6H14O4/c2*1-2-3-4-5-6-7-8-9-10-11-12(13)14;7-1-3-9-5-6-10-4-2-8/h2*2-11H2,1H3,(H,13,14);7-8H,1-6H2. The Hall–Kier alpha value is -1.22. The van der Waals surface area contributed by atoms with E-state index < -0.39 is 11.9 Å². The van der Waals surface area contributed by atoms with Gasteiger partial charge in [-0.25, -0.2) is 0 Å². The topological polar surface area (TPSA) is 134 Å². The van der Waals surface area contributed by atoms with E-state index in [-0.39, 0.29) is 13.2 Å². The van der Waals surface area contributed by atoms with Crippen molar-refractivity contribution in [3.05, 3.63) is 0 Å². The molecule has 38 heavy (non-hydrogen) atoms. The minimum Gasteiger partial charge on any atom is -0.481 e. The van der Waals surface area contributed by atoms with Crippen molar-refractivity contribution in [1.82, 2.24) is 0 Å². The van der Waals surface area contributed by atoms with Gasteiger partial charge >= 0.3 is 11.9 Å². The number of hydrogen-bond donors (Lipinski definition) is 4. The molecule has 0 spiro atoms. The van der Waals surface area contributed by atoms with Crippen molar-refractivity contribution in [3.8, 4) is 0 Å². The smallest absolute Gasteiger partial charge is 0.303 e. The summed E-state index contributed by atoms with van der Waals surface area (Å²) in [6, 6.07) is 0. The molecular formula is C30H62O8. The molecule has 0 aromatic rings. The first kappa shape index (κ1) is 41.3. The van der Waals surface area contributed by atoms with Crippen LogP contribution in [0.2, 0.25) is 0 Å². The fourth-order valence-electron chi connectivity index (χ4n) is 3.62. The quantitative estimate of drug-likeness (QED) is 0.0804. The highest BCUT2D eigenvalue weighted by molar-refractivity contribution is 5.66. The number of aliphatic carboxylic acids is 2. The van der Waals surface area contributed by atoms with Crippen LogP contribution in [-0.2, 0) is 19.1 Å². The van der Waals surface area contributed by atoms with Gasteiger partial charge in [0.15, 0.2) is 0 Å². The molecule has 0 aromatic heterocycles. The lowest BCUT2D eigenvalue weighted by molar-refractivity contribution is -0.138. The monoisotopic (exact) mass is 550 g/mol. The fourth-order valence-corrected chi connectivity index (χ4v) is 3.62. The Morgan fingerprint density at radius 2 is 0.711 bits per heavy atom. The van der Waals surface area contributed by atoms with Gasteiger partial charge in [0.2, 0.25) is 0 Å². The first-order chi connectivity index (χ1) is 18.5. The van der Waals surface area contributed by atoms with Crippen LogP contribution in [0, 0.1) is 0 Å². The van der Waals surface area contributed by atoms with E-state index in [0.717, 1.165) is 25.7 Å². The van der Waals surface area contributed by atoms with E-state index in [9.17, 15) is 9.59 Å². The predicted molar refractivity (Wildman–Crippen MR) is 155 cm³/mol. The summed E-state index contributed by atoms with van der Waals surface area (Å²) in [4.78, 5) is 20.4. The molecule has 0 rings (SSSR count). The molecule has 0 bridgehead atoms. The van der Waals surface area contributed by atoms with Crippen LogP contribution in [0.3, 0.4) is 0 Å². The number of rotatable bonds is 27. The minimum absolute atomic E-state index is 0.0417. The van der Waals surface area contributed by atoms with Crippen LogP contribution in [0.15, 0.2) is 0 Å². The van der Waals surface area contributed by atoms with E-state index in [1.807, 2.05) is 0 Å². The summed E-state index contributed by atoms with van der Waals surface area (Å²) in [6.07, 6.45) is 23.0. The maximum Gasteiger partial charge on any atom is 0.303 e. The fraction of sp³-hybridized carbons (Fsp3) is 0.933. The minimum atomic E-state index is -0.659. The van der Waals surface area contributed by atoms with Crippen molar-refractivity contribution >= 4 is 11.9 Å². The van der Waals surface area contributed by atoms with Gasteiger partial charge in [0.1, 0.15) is 0 Å². The van der Waals surface area contributed by atoms with E-state index in [1.165, 1.54) is 89.9 Å². The Morgan fingerprint density at radius 1 is 0.447 bits per heavy atom. The van der Waals surface area contributed by atoms with Gasteiger partial charge in [0.05, 0.1) is 39.6 Å². The van der Waals surface area contributed by atoms with Crippen molar-refractivity contribution in [2.24, 2.45) is 0 Å². The third-order valence-electron chi connectivity index (χ3n) is 5.83. The first-order valence-corrected chi connectivity index (χ1v) is 15.3. The number of ether oxygens (including phenoxy) is 2. The van der Waals surface area contributed by atoms with Gasteiger partial charge in [-0.2, -0.15) is 0 Å². The molecule has 4 N–H and O–H groups in total. The molecule has 8 heteroatoms. The number of carboxylic acids is 2. The number of aliphatic hydroxyl groups excluding tert-OH is 2. The molecule has 0 aromatic carbocycles. The lowest BCUT2D eigenvalue weighted by Gasteiger charge is -2.01. The molecule has 0 unspecified atom stereocenters. The number of unbranched alkanes of at least 4 members (excludes halogenated alkanes) is 16. The van der Waals surface area contributed by atoms with Crippen molar-refractivity contribution in [2.75, 3.05) is 39.6 Å². The van der Waals surface area contributed by atoms with Gasteiger partial charge in [0, 0.05) is 12.8 Å². The predicted octanol–water partition coefficient (Wildman–Crippen LogP) is 6.99. The highest BCUT2D eigenvalue weighted by atomic mass is 16.5. The summed E-state index contributed by atoms with van der Waals surface area (Å²) >= 11 is 0. The summed E-state index contributed by atoms with van der Waals surface area (Å²) in [7, 11) is 0. The maximum atomic E-state index is 10.2. The zero-order valence-corrected chi connectivity index (χ0v) is 24.8. The molecule has 0 aliphatic heterocycles. The van der Waals surface area contributed by atoms with Crippen LogP contribution in [0.5, 0.6) is 0 Å². The summed E-state index contributed by atoms with van der Waals surface area (Å²) in [5.74, 6) is -1.32. The number of aliphatic hydroxyl groups is 2. The first-order valence-electron chi connectivity index (χ1n) is 15.3. The van der Waals surface area contributed by atoms with Crippen molar-refractivity contribution < 1.29 is 39.5 Å². The average Bonchev–Trinajstić information content (AvgIpc) is 2.89. The Morgan fingerprint density at radius 3 is 0.947 bits per heavy atom. The summed E-state index contributed by atoms with van der Waals surface area (Å²) in [5, 5.41) is 33.4. The largest absolute Gasteiger partial charge is 0.481 e. The van der Waals surface area contributed by atoms with E-state index in [1.54, 1.807) is 0 Å². The Labute approximate surface area is 233 Å². The second-order valence-corrected chi connectivity index (χ2v) is 9.62. The molecule has 0 fully saturated rings. The highest BCUT2D eigenvalue weighted by Gasteiger charge is 1.97. The maximum absolute atomic E-state index is 10.2. The molecular weight excluding hydrogens is 488 g/mol. The van der Waals surface area contributed by atoms with Crippen molar-refractivity contribution in [1.29, 1.82) is 0 Å². The third-order valence-corrected chi connectivity index (χ3v) is 5.83.